The van der Waals surface area contributed by atoms with Gasteiger partial charge < -0.3 is 15.6 Å². The van der Waals surface area contributed by atoms with Crippen LogP contribution in [-0.2, 0) is 6.54 Å². The normalized spacial score (nSPS) is 14.6. The number of nitrogens with one attached hydrogen (secondary N) is 3. The van der Waals surface area contributed by atoms with Crippen molar-refractivity contribution in [3.05, 3.63) is 77.0 Å². The summed E-state index contributed by atoms with van der Waals surface area (Å²) in [7, 11) is 0. The summed E-state index contributed by atoms with van der Waals surface area (Å²) in [5, 5.41) is 7.27. The smallest absolute Gasteiger partial charge is 0.259 e. The summed E-state index contributed by atoms with van der Waals surface area (Å²) >= 11 is 0. The van der Waals surface area contributed by atoms with Crippen LogP contribution in [0.2, 0.25) is 0 Å². The number of rotatable bonds is 5. The van der Waals surface area contributed by atoms with Gasteiger partial charge in [-0.05, 0) is 35.9 Å². The van der Waals surface area contributed by atoms with E-state index in [0.717, 1.165) is 44.0 Å². The Morgan fingerprint density at radius 3 is 2.87 bits per heavy atom. The largest absolute Gasteiger partial charge is 0.340 e. The van der Waals surface area contributed by atoms with Gasteiger partial charge in [0.15, 0.2) is 0 Å². The van der Waals surface area contributed by atoms with Crippen LogP contribution in [0.15, 0.2) is 65.8 Å². The highest BCUT2D eigenvalue weighted by atomic mass is 16.1. The Balaban J connectivity index is 1.37. The average molecular weight is 413 g/mol. The summed E-state index contributed by atoms with van der Waals surface area (Å²) in [6.45, 7) is 5.13. The molecule has 3 aromatic heterocycles. The molecule has 8 heteroatoms. The summed E-state index contributed by atoms with van der Waals surface area (Å²) in [4.78, 5) is 30.7. The standard InChI is InChI=1S/C23H23N7O/c31-23-19-5-6-25-14-20(19)28-22(29-23)17-4-7-26-21(13-17)27-18-3-1-2-16(12-18)15-30-10-8-24-9-11-30/h1-7,12-14,24H,8-11,15H2,(H,26,27)(H,28,29,31). The van der Waals surface area contributed by atoms with Gasteiger partial charge in [-0.3, -0.25) is 14.7 Å². The minimum absolute atomic E-state index is 0.186. The van der Waals surface area contributed by atoms with Gasteiger partial charge in [-0.1, -0.05) is 12.1 Å². The molecule has 1 aliphatic rings. The van der Waals surface area contributed by atoms with E-state index in [1.165, 1.54) is 5.56 Å². The van der Waals surface area contributed by atoms with Crippen molar-refractivity contribution in [1.82, 2.24) is 30.2 Å². The van der Waals surface area contributed by atoms with Gasteiger partial charge in [-0.25, -0.2) is 9.97 Å². The fourth-order valence-electron chi connectivity index (χ4n) is 3.80. The molecule has 1 aliphatic heterocycles. The van der Waals surface area contributed by atoms with Crippen molar-refractivity contribution in [3.63, 3.8) is 0 Å². The summed E-state index contributed by atoms with van der Waals surface area (Å²) < 4.78 is 0. The lowest BCUT2D eigenvalue weighted by molar-refractivity contribution is 0.233. The van der Waals surface area contributed by atoms with Crippen molar-refractivity contribution in [1.29, 1.82) is 0 Å². The van der Waals surface area contributed by atoms with E-state index in [4.69, 9.17) is 0 Å². The fraction of sp³-hybridized carbons (Fsp3) is 0.217. The highest BCUT2D eigenvalue weighted by Crippen LogP contribution is 2.22. The molecule has 5 rings (SSSR count). The van der Waals surface area contributed by atoms with E-state index in [-0.39, 0.29) is 5.56 Å². The number of aromatic nitrogens is 4. The van der Waals surface area contributed by atoms with Crippen LogP contribution in [0.1, 0.15) is 5.56 Å². The highest BCUT2D eigenvalue weighted by molar-refractivity contribution is 5.78. The van der Waals surface area contributed by atoms with Gasteiger partial charge in [0.05, 0.1) is 17.1 Å². The van der Waals surface area contributed by atoms with Gasteiger partial charge in [0.1, 0.15) is 11.6 Å². The van der Waals surface area contributed by atoms with Crippen LogP contribution in [0, 0.1) is 0 Å². The second-order valence-corrected chi connectivity index (χ2v) is 7.59. The highest BCUT2D eigenvalue weighted by Gasteiger charge is 2.11. The molecular weight excluding hydrogens is 390 g/mol. The Bertz CT molecular complexity index is 1260. The van der Waals surface area contributed by atoms with E-state index >= 15 is 0 Å². The molecule has 0 amide bonds. The molecule has 0 radical (unpaired) electrons. The van der Waals surface area contributed by atoms with E-state index in [9.17, 15) is 4.79 Å². The summed E-state index contributed by atoms with van der Waals surface area (Å²) in [6.07, 6.45) is 4.89. The number of hydrogen-bond donors (Lipinski definition) is 3. The minimum atomic E-state index is -0.186. The molecule has 1 aromatic carbocycles. The number of piperazine rings is 1. The number of benzene rings is 1. The third kappa shape index (κ3) is 4.45. The van der Waals surface area contributed by atoms with Crippen molar-refractivity contribution in [2.75, 3.05) is 31.5 Å². The zero-order chi connectivity index (χ0) is 21.0. The third-order valence-corrected chi connectivity index (χ3v) is 5.36. The van der Waals surface area contributed by atoms with Crippen molar-refractivity contribution < 1.29 is 0 Å². The maximum atomic E-state index is 12.4. The number of H-pyrrole nitrogens is 1. The molecule has 0 saturated carbocycles. The molecule has 1 saturated heterocycles. The summed E-state index contributed by atoms with van der Waals surface area (Å²) in [6, 6.07) is 13.7. The number of anilines is 2. The van der Waals surface area contributed by atoms with E-state index < -0.39 is 0 Å². The van der Waals surface area contributed by atoms with Crippen molar-refractivity contribution in [2.24, 2.45) is 0 Å². The Kier molecular flexibility index (Phi) is 5.39. The lowest BCUT2D eigenvalue weighted by Crippen LogP contribution is -2.42. The molecule has 0 bridgehead atoms. The SMILES string of the molecule is O=c1[nH]c(-c2ccnc(Nc3cccc(CN4CCNCC4)c3)c2)nc2cnccc12. The molecule has 0 unspecified atom stereocenters. The zero-order valence-electron chi connectivity index (χ0n) is 17.0. The summed E-state index contributed by atoms with van der Waals surface area (Å²) in [5.41, 5.74) is 3.39. The molecule has 0 aliphatic carbocycles. The first kappa shape index (κ1) is 19.3. The molecule has 8 nitrogen and oxygen atoms in total. The van der Waals surface area contributed by atoms with Gasteiger partial charge in [0.25, 0.3) is 5.56 Å². The van der Waals surface area contributed by atoms with E-state index in [2.05, 4.69) is 53.7 Å². The van der Waals surface area contributed by atoms with E-state index in [1.807, 2.05) is 18.2 Å². The predicted molar refractivity (Wildman–Crippen MR) is 121 cm³/mol. The molecule has 3 N–H and O–H groups in total. The summed E-state index contributed by atoms with van der Waals surface area (Å²) in [5.74, 6) is 1.18. The average Bonchev–Trinajstić information content (AvgIpc) is 2.80. The maximum Gasteiger partial charge on any atom is 0.259 e. The number of pyridine rings is 2. The van der Waals surface area contributed by atoms with Crippen LogP contribution < -0.4 is 16.2 Å². The lowest BCUT2D eigenvalue weighted by Gasteiger charge is -2.27. The second-order valence-electron chi connectivity index (χ2n) is 7.59. The molecule has 4 aromatic rings. The van der Waals surface area contributed by atoms with Gasteiger partial charge in [-0.2, -0.15) is 0 Å². The van der Waals surface area contributed by atoms with Crippen LogP contribution in [0.3, 0.4) is 0 Å². The number of nitrogens with zero attached hydrogens (tertiary/aromatic N) is 4. The first-order valence-corrected chi connectivity index (χ1v) is 10.3. The maximum absolute atomic E-state index is 12.4. The lowest BCUT2D eigenvalue weighted by atomic mass is 10.1. The van der Waals surface area contributed by atoms with Gasteiger partial charge >= 0.3 is 0 Å². The molecule has 0 atom stereocenters. The van der Waals surface area contributed by atoms with Crippen molar-refractivity contribution in [3.8, 4) is 11.4 Å². The Morgan fingerprint density at radius 1 is 1.06 bits per heavy atom. The number of aromatic amines is 1. The topological polar surface area (TPSA) is 98.8 Å². The van der Waals surface area contributed by atoms with Gasteiger partial charge in [0.2, 0.25) is 0 Å². The first-order valence-electron chi connectivity index (χ1n) is 10.3. The van der Waals surface area contributed by atoms with Crippen LogP contribution >= 0.6 is 0 Å². The Morgan fingerprint density at radius 2 is 1.97 bits per heavy atom. The second kappa shape index (κ2) is 8.63. The van der Waals surface area contributed by atoms with Crippen LogP contribution in [0.25, 0.3) is 22.3 Å². The van der Waals surface area contributed by atoms with Crippen LogP contribution in [0.4, 0.5) is 11.5 Å². The first-order chi connectivity index (χ1) is 15.2. The van der Waals surface area contributed by atoms with E-state index in [1.54, 1.807) is 24.7 Å². The van der Waals surface area contributed by atoms with E-state index in [0.29, 0.717) is 22.5 Å². The van der Waals surface area contributed by atoms with Crippen molar-refractivity contribution >= 4 is 22.4 Å². The Labute approximate surface area is 179 Å². The predicted octanol–water partition coefficient (Wildman–Crippen LogP) is 2.53. The number of hydrogen-bond acceptors (Lipinski definition) is 7. The third-order valence-electron chi connectivity index (χ3n) is 5.36. The van der Waals surface area contributed by atoms with Gasteiger partial charge in [-0.15, -0.1) is 0 Å². The monoisotopic (exact) mass is 413 g/mol. The number of fused-ring (bicyclic) bond motifs is 1. The quantitative estimate of drug-likeness (QED) is 0.462. The molecule has 156 valence electrons. The minimum Gasteiger partial charge on any atom is -0.340 e. The van der Waals surface area contributed by atoms with Gasteiger partial charge in [0, 0.05) is 56.4 Å². The molecule has 31 heavy (non-hydrogen) atoms. The van der Waals surface area contributed by atoms with Crippen molar-refractivity contribution in [2.45, 2.75) is 6.54 Å². The molecule has 0 spiro atoms. The molecule has 1 fully saturated rings. The van der Waals surface area contributed by atoms with Crippen LogP contribution in [0.5, 0.6) is 0 Å². The fourth-order valence-corrected chi connectivity index (χ4v) is 3.80. The molecular formula is C23H23N7O. The Hall–Kier alpha value is -3.62. The van der Waals surface area contributed by atoms with Crippen LogP contribution in [-0.4, -0.2) is 51.0 Å². The zero-order valence-corrected chi connectivity index (χ0v) is 17.0. The molecule has 4 heterocycles.